The van der Waals surface area contributed by atoms with Gasteiger partial charge in [0.2, 0.25) is 0 Å². The van der Waals surface area contributed by atoms with Gasteiger partial charge in [0, 0.05) is 22.9 Å². The highest BCUT2D eigenvalue weighted by Crippen LogP contribution is 2.20. The molecule has 0 unspecified atom stereocenters. The Hall–Kier alpha value is -3.14. The largest absolute Gasteiger partial charge is 0.349 e. The van der Waals surface area contributed by atoms with E-state index < -0.39 is 0 Å². The van der Waals surface area contributed by atoms with E-state index in [0.29, 0.717) is 22.9 Å². The Kier molecular flexibility index (Phi) is 3.94. The summed E-state index contributed by atoms with van der Waals surface area (Å²) in [6, 6.07) is 20.9. The molecule has 3 aromatic rings. The molecule has 0 heterocycles. The highest BCUT2D eigenvalue weighted by atomic mass is 16.2. The van der Waals surface area contributed by atoms with Crippen LogP contribution in [0.3, 0.4) is 0 Å². The second-order valence-corrected chi connectivity index (χ2v) is 6.34. The molecule has 0 saturated heterocycles. The van der Waals surface area contributed by atoms with Crippen molar-refractivity contribution in [2.24, 2.45) is 0 Å². The Balaban J connectivity index is 1.52. The molecule has 4 rings (SSSR count). The maximum absolute atomic E-state index is 12.5. The first-order chi connectivity index (χ1) is 12.2. The summed E-state index contributed by atoms with van der Waals surface area (Å²) in [5.41, 5.74) is 1.76. The predicted molar refractivity (Wildman–Crippen MR) is 98.8 cm³/mol. The number of carbonyl (C=O) groups excluding carboxylic acids is 2. The van der Waals surface area contributed by atoms with E-state index in [-0.39, 0.29) is 11.8 Å². The van der Waals surface area contributed by atoms with Gasteiger partial charge in [-0.15, -0.1) is 0 Å². The zero-order chi connectivity index (χ0) is 17.2. The van der Waals surface area contributed by atoms with Gasteiger partial charge in [-0.2, -0.15) is 0 Å². The Bertz CT molecular complexity index is 961. The molecule has 1 aliphatic rings. The fourth-order valence-corrected chi connectivity index (χ4v) is 2.77. The first-order valence-corrected chi connectivity index (χ1v) is 8.40. The van der Waals surface area contributed by atoms with Crippen molar-refractivity contribution < 1.29 is 9.59 Å². The molecule has 124 valence electrons. The van der Waals surface area contributed by atoms with Gasteiger partial charge < -0.3 is 10.6 Å². The Morgan fingerprint density at radius 2 is 1.52 bits per heavy atom. The van der Waals surface area contributed by atoms with Crippen LogP contribution in [0.1, 0.15) is 33.6 Å². The predicted octanol–water partition coefficient (Wildman–Crippen LogP) is 3.98. The summed E-state index contributed by atoms with van der Waals surface area (Å²) in [5, 5.41) is 7.94. The minimum absolute atomic E-state index is 0.0932. The summed E-state index contributed by atoms with van der Waals surface area (Å²) < 4.78 is 0. The van der Waals surface area contributed by atoms with E-state index in [4.69, 9.17) is 0 Å². The van der Waals surface area contributed by atoms with Gasteiger partial charge in [-0.1, -0.05) is 36.4 Å². The molecule has 0 radical (unpaired) electrons. The number of carbonyl (C=O) groups is 2. The fourth-order valence-electron chi connectivity index (χ4n) is 2.77. The molecule has 0 atom stereocenters. The lowest BCUT2D eigenvalue weighted by Crippen LogP contribution is -2.25. The third-order valence-corrected chi connectivity index (χ3v) is 4.31. The van der Waals surface area contributed by atoms with Crippen LogP contribution in [0.4, 0.5) is 5.69 Å². The summed E-state index contributed by atoms with van der Waals surface area (Å²) in [6.45, 7) is 0. The van der Waals surface area contributed by atoms with Crippen LogP contribution >= 0.6 is 0 Å². The molecular formula is C21H18N2O2. The van der Waals surface area contributed by atoms with E-state index in [1.807, 2.05) is 36.4 Å². The Morgan fingerprint density at radius 1 is 0.760 bits per heavy atom. The van der Waals surface area contributed by atoms with Gasteiger partial charge in [-0.3, -0.25) is 9.59 Å². The minimum Gasteiger partial charge on any atom is -0.349 e. The molecule has 2 amide bonds. The highest BCUT2D eigenvalue weighted by molar-refractivity contribution is 6.07. The van der Waals surface area contributed by atoms with Crippen LogP contribution in [0.15, 0.2) is 66.7 Å². The lowest BCUT2D eigenvalue weighted by molar-refractivity contribution is 0.0949. The van der Waals surface area contributed by atoms with Crippen molar-refractivity contribution in [2.75, 3.05) is 5.32 Å². The molecular weight excluding hydrogens is 312 g/mol. The monoisotopic (exact) mass is 330 g/mol. The molecule has 25 heavy (non-hydrogen) atoms. The maximum atomic E-state index is 12.5. The van der Waals surface area contributed by atoms with E-state index >= 15 is 0 Å². The van der Waals surface area contributed by atoms with Crippen LogP contribution in [0.5, 0.6) is 0 Å². The average Bonchev–Trinajstić information content (AvgIpc) is 3.45. The first-order valence-electron chi connectivity index (χ1n) is 8.40. The number of rotatable bonds is 4. The molecule has 1 saturated carbocycles. The van der Waals surface area contributed by atoms with Crippen LogP contribution in [0.2, 0.25) is 0 Å². The van der Waals surface area contributed by atoms with Gasteiger partial charge in [0.05, 0.1) is 0 Å². The maximum Gasteiger partial charge on any atom is 0.255 e. The van der Waals surface area contributed by atoms with Crippen molar-refractivity contribution in [3.63, 3.8) is 0 Å². The zero-order valence-electron chi connectivity index (χ0n) is 13.7. The third-order valence-electron chi connectivity index (χ3n) is 4.31. The molecule has 3 aromatic carbocycles. The van der Waals surface area contributed by atoms with Crippen molar-refractivity contribution in [1.29, 1.82) is 0 Å². The van der Waals surface area contributed by atoms with Crippen molar-refractivity contribution in [2.45, 2.75) is 18.9 Å². The number of nitrogens with one attached hydrogen (secondary N) is 2. The minimum atomic E-state index is -0.189. The van der Waals surface area contributed by atoms with Gasteiger partial charge in [-0.25, -0.2) is 0 Å². The van der Waals surface area contributed by atoms with Crippen molar-refractivity contribution >= 4 is 28.3 Å². The molecule has 0 bridgehead atoms. The molecule has 0 spiro atoms. The zero-order valence-corrected chi connectivity index (χ0v) is 13.7. The van der Waals surface area contributed by atoms with E-state index in [2.05, 4.69) is 10.6 Å². The van der Waals surface area contributed by atoms with E-state index in [9.17, 15) is 9.59 Å². The fraction of sp³-hybridized carbons (Fsp3) is 0.143. The normalized spacial score (nSPS) is 13.4. The summed E-state index contributed by atoms with van der Waals surface area (Å²) >= 11 is 0. The van der Waals surface area contributed by atoms with Crippen LogP contribution in [0.25, 0.3) is 10.8 Å². The van der Waals surface area contributed by atoms with Crippen LogP contribution in [0, 0.1) is 0 Å². The molecule has 0 aromatic heterocycles. The molecule has 2 N–H and O–H groups in total. The second kappa shape index (κ2) is 6.40. The number of fused-ring (bicyclic) bond motifs is 1. The van der Waals surface area contributed by atoms with Crippen molar-refractivity contribution in [3.05, 3.63) is 77.9 Å². The lowest BCUT2D eigenvalue weighted by atomic mass is 10.1. The molecule has 1 fully saturated rings. The number of amides is 2. The molecule has 1 aliphatic carbocycles. The lowest BCUT2D eigenvalue weighted by Gasteiger charge is -2.09. The average molecular weight is 330 g/mol. The number of hydrogen-bond donors (Lipinski definition) is 2. The Labute approximate surface area is 145 Å². The van der Waals surface area contributed by atoms with Crippen LogP contribution in [-0.2, 0) is 0 Å². The summed E-state index contributed by atoms with van der Waals surface area (Å²) in [5.74, 6) is -0.283. The second-order valence-electron chi connectivity index (χ2n) is 6.34. The number of hydrogen-bond acceptors (Lipinski definition) is 2. The van der Waals surface area contributed by atoms with Gasteiger partial charge in [0.15, 0.2) is 0 Å². The summed E-state index contributed by atoms with van der Waals surface area (Å²) in [6.07, 6.45) is 2.09. The molecule has 4 nitrogen and oxygen atoms in total. The summed E-state index contributed by atoms with van der Waals surface area (Å²) in [4.78, 5) is 24.6. The van der Waals surface area contributed by atoms with Gasteiger partial charge in [0.25, 0.3) is 11.8 Å². The highest BCUT2D eigenvalue weighted by Gasteiger charge is 2.23. The van der Waals surface area contributed by atoms with Crippen molar-refractivity contribution in [3.8, 4) is 0 Å². The molecule has 0 aliphatic heterocycles. The SMILES string of the molecule is O=C(Nc1cccc(C(=O)NC2CC2)c1)c1ccc2ccccc2c1. The van der Waals surface area contributed by atoms with E-state index in [1.165, 1.54) is 0 Å². The van der Waals surface area contributed by atoms with Crippen LogP contribution in [-0.4, -0.2) is 17.9 Å². The van der Waals surface area contributed by atoms with Gasteiger partial charge in [-0.05, 0) is 53.9 Å². The smallest absolute Gasteiger partial charge is 0.255 e. The Morgan fingerprint density at radius 3 is 2.32 bits per heavy atom. The number of anilines is 1. The van der Waals surface area contributed by atoms with Gasteiger partial charge >= 0.3 is 0 Å². The quantitative estimate of drug-likeness (QED) is 0.760. The summed E-state index contributed by atoms with van der Waals surface area (Å²) in [7, 11) is 0. The first kappa shape index (κ1) is 15.4. The topological polar surface area (TPSA) is 58.2 Å². The molecule has 4 heteroatoms. The van der Waals surface area contributed by atoms with Gasteiger partial charge in [0.1, 0.15) is 0 Å². The van der Waals surface area contributed by atoms with Crippen molar-refractivity contribution in [1.82, 2.24) is 5.32 Å². The third kappa shape index (κ3) is 3.53. The van der Waals surface area contributed by atoms with E-state index in [1.54, 1.807) is 30.3 Å². The standard InChI is InChI=1S/C21H18N2O2/c24-20(22-18-10-11-18)16-6-3-7-19(13-16)23-21(25)17-9-8-14-4-1-2-5-15(14)12-17/h1-9,12-13,18H,10-11H2,(H,22,24)(H,23,25). The van der Waals surface area contributed by atoms with Crippen LogP contribution < -0.4 is 10.6 Å². The number of benzene rings is 3. The van der Waals surface area contributed by atoms with E-state index in [0.717, 1.165) is 23.6 Å².